The maximum absolute atomic E-state index is 12.8. The van der Waals surface area contributed by atoms with E-state index < -0.39 is 6.36 Å². The molecule has 0 aliphatic heterocycles. The van der Waals surface area contributed by atoms with Crippen molar-refractivity contribution >= 4 is 11.0 Å². The SMILES string of the molecule is Cn1c(=O)c(CCc2ccccc2)nc2ccc(-c3ccc(OC(F)(F)F)cc3)cc21. The minimum Gasteiger partial charge on any atom is -0.406 e. The summed E-state index contributed by atoms with van der Waals surface area (Å²) in [6.07, 6.45) is -3.47. The van der Waals surface area contributed by atoms with Crippen molar-refractivity contribution in [3.05, 3.63) is 94.4 Å². The summed E-state index contributed by atoms with van der Waals surface area (Å²) in [4.78, 5) is 17.4. The number of aromatic nitrogens is 2. The number of hydrogen-bond donors (Lipinski definition) is 0. The molecule has 0 spiro atoms. The van der Waals surface area contributed by atoms with E-state index in [1.165, 1.54) is 12.1 Å². The van der Waals surface area contributed by atoms with E-state index in [1.54, 1.807) is 23.7 Å². The Hall–Kier alpha value is -3.61. The molecule has 0 amide bonds. The van der Waals surface area contributed by atoms with E-state index in [1.807, 2.05) is 48.5 Å². The largest absolute Gasteiger partial charge is 0.573 e. The number of nitrogens with zero attached hydrogens (tertiary/aromatic N) is 2. The van der Waals surface area contributed by atoms with Crippen LogP contribution >= 0.6 is 0 Å². The molecule has 4 aromatic rings. The molecule has 4 nitrogen and oxygen atoms in total. The Bertz CT molecular complexity index is 1260. The molecule has 0 aliphatic carbocycles. The maximum Gasteiger partial charge on any atom is 0.573 e. The van der Waals surface area contributed by atoms with Gasteiger partial charge in [-0.15, -0.1) is 13.2 Å². The zero-order chi connectivity index (χ0) is 22.0. The summed E-state index contributed by atoms with van der Waals surface area (Å²) in [5, 5.41) is 0. The molecule has 0 radical (unpaired) electrons. The minimum absolute atomic E-state index is 0.158. The number of hydrogen-bond acceptors (Lipinski definition) is 3. The van der Waals surface area contributed by atoms with Crippen LogP contribution in [0.25, 0.3) is 22.2 Å². The zero-order valence-electron chi connectivity index (χ0n) is 16.7. The Morgan fingerprint density at radius 2 is 1.58 bits per heavy atom. The Kier molecular flexibility index (Phi) is 5.50. The van der Waals surface area contributed by atoms with Gasteiger partial charge in [0.05, 0.1) is 11.0 Å². The van der Waals surface area contributed by atoms with Gasteiger partial charge in [-0.2, -0.15) is 0 Å². The van der Waals surface area contributed by atoms with Crippen molar-refractivity contribution in [2.45, 2.75) is 19.2 Å². The number of alkyl halides is 3. The molecule has 0 fully saturated rings. The molecular formula is C24H19F3N2O2. The minimum atomic E-state index is -4.73. The average Bonchev–Trinajstić information content (AvgIpc) is 2.75. The predicted octanol–water partition coefficient (Wildman–Crippen LogP) is 5.28. The molecule has 0 unspecified atom stereocenters. The number of fused-ring (bicyclic) bond motifs is 1. The molecular weight excluding hydrogens is 405 g/mol. The molecule has 3 aromatic carbocycles. The fourth-order valence-electron chi connectivity index (χ4n) is 3.48. The number of ether oxygens (including phenoxy) is 1. The van der Waals surface area contributed by atoms with Gasteiger partial charge >= 0.3 is 6.36 Å². The average molecular weight is 424 g/mol. The third kappa shape index (κ3) is 4.77. The van der Waals surface area contributed by atoms with Crippen molar-refractivity contribution in [3.63, 3.8) is 0 Å². The first-order valence-corrected chi connectivity index (χ1v) is 9.70. The molecule has 1 aromatic heterocycles. The van der Waals surface area contributed by atoms with Gasteiger partial charge in [-0.1, -0.05) is 48.5 Å². The van der Waals surface area contributed by atoms with E-state index in [-0.39, 0.29) is 11.3 Å². The second-order valence-electron chi connectivity index (χ2n) is 7.18. The van der Waals surface area contributed by atoms with Gasteiger partial charge in [-0.05, 0) is 53.8 Å². The summed E-state index contributed by atoms with van der Waals surface area (Å²) in [7, 11) is 1.70. The highest BCUT2D eigenvalue weighted by Gasteiger charge is 2.30. The number of benzene rings is 3. The topological polar surface area (TPSA) is 44.1 Å². The van der Waals surface area contributed by atoms with Crippen LogP contribution in [0.1, 0.15) is 11.3 Å². The van der Waals surface area contributed by atoms with Crippen LogP contribution < -0.4 is 10.3 Å². The fourth-order valence-corrected chi connectivity index (χ4v) is 3.48. The first kappa shape index (κ1) is 20.7. The van der Waals surface area contributed by atoms with Crippen LogP contribution in [0.5, 0.6) is 5.75 Å². The quantitative estimate of drug-likeness (QED) is 0.438. The summed E-state index contributed by atoms with van der Waals surface area (Å²) in [6.45, 7) is 0. The summed E-state index contributed by atoms with van der Waals surface area (Å²) >= 11 is 0. The molecule has 4 rings (SSSR count). The fraction of sp³-hybridized carbons (Fsp3) is 0.167. The van der Waals surface area contributed by atoms with Crippen LogP contribution in [-0.2, 0) is 19.9 Å². The third-order valence-corrected chi connectivity index (χ3v) is 5.06. The highest BCUT2D eigenvalue weighted by molar-refractivity contribution is 5.82. The van der Waals surface area contributed by atoms with Gasteiger partial charge in [0, 0.05) is 7.05 Å². The smallest absolute Gasteiger partial charge is 0.406 e. The van der Waals surface area contributed by atoms with Crippen LogP contribution in [0.4, 0.5) is 13.2 Å². The maximum atomic E-state index is 12.8. The van der Waals surface area contributed by atoms with Crippen LogP contribution in [0.3, 0.4) is 0 Å². The van der Waals surface area contributed by atoms with E-state index >= 15 is 0 Å². The van der Waals surface area contributed by atoms with E-state index in [4.69, 9.17) is 0 Å². The van der Waals surface area contributed by atoms with E-state index in [0.717, 1.165) is 17.5 Å². The third-order valence-electron chi connectivity index (χ3n) is 5.06. The highest BCUT2D eigenvalue weighted by Crippen LogP contribution is 2.28. The first-order chi connectivity index (χ1) is 14.8. The lowest BCUT2D eigenvalue weighted by molar-refractivity contribution is -0.274. The number of aryl methyl sites for hydroxylation is 3. The molecule has 0 aliphatic rings. The molecule has 1 heterocycles. The zero-order valence-corrected chi connectivity index (χ0v) is 16.7. The molecule has 0 N–H and O–H groups in total. The van der Waals surface area contributed by atoms with Gasteiger partial charge in [0.15, 0.2) is 0 Å². The lowest BCUT2D eigenvalue weighted by Gasteiger charge is -2.11. The Morgan fingerprint density at radius 1 is 0.903 bits per heavy atom. The van der Waals surface area contributed by atoms with E-state index in [2.05, 4.69) is 9.72 Å². The van der Waals surface area contributed by atoms with Crippen molar-refractivity contribution in [2.24, 2.45) is 7.05 Å². The summed E-state index contributed by atoms with van der Waals surface area (Å²) in [5.41, 5.74) is 4.29. The van der Waals surface area contributed by atoms with Gasteiger partial charge in [0.2, 0.25) is 0 Å². The van der Waals surface area contributed by atoms with Gasteiger partial charge in [0.25, 0.3) is 5.56 Å². The molecule has 7 heteroatoms. The van der Waals surface area contributed by atoms with Crippen molar-refractivity contribution in [1.29, 1.82) is 0 Å². The standard InChI is InChI=1S/C24H19F3N2O2/c1-29-22-15-18(17-8-11-19(12-9-17)31-24(25,26)27)10-14-20(22)28-21(23(29)30)13-7-16-5-3-2-4-6-16/h2-6,8-12,14-15H,7,13H2,1H3. The number of halogens is 3. The van der Waals surface area contributed by atoms with Gasteiger partial charge < -0.3 is 9.30 Å². The molecule has 0 bridgehead atoms. The van der Waals surface area contributed by atoms with Crippen LogP contribution in [-0.4, -0.2) is 15.9 Å². The second-order valence-corrected chi connectivity index (χ2v) is 7.18. The van der Waals surface area contributed by atoms with Crippen molar-refractivity contribution in [1.82, 2.24) is 9.55 Å². The Balaban J connectivity index is 1.62. The molecule has 0 saturated carbocycles. The lowest BCUT2D eigenvalue weighted by atomic mass is 10.0. The van der Waals surface area contributed by atoms with E-state index in [9.17, 15) is 18.0 Å². The van der Waals surface area contributed by atoms with Crippen LogP contribution in [0.2, 0.25) is 0 Å². The van der Waals surface area contributed by atoms with Gasteiger partial charge in [-0.25, -0.2) is 4.98 Å². The normalized spacial score (nSPS) is 11.6. The molecule has 158 valence electrons. The predicted molar refractivity (Wildman–Crippen MR) is 113 cm³/mol. The lowest BCUT2D eigenvalue weighted by Crippen LogP contribution is -2.23. The Labute approximate surface area is 176 Å². The van der Waals surface area contributed by atoms with Gasteiger partial charge in [-0.3, -0.25) is 4.79 Å². The Morgan fingerprint density at radius 3 is 2.26 bits per heavy atom. The second kappa shape index (κ2) is 8.26. The van der Waals surface area contributed by atoms with Gasteiger partial charge in [0.1, 0.15) is 11.4 Å². The number of rotatable bonds is 5. The monoisotopic (exact) mass is 424 g/mol. The van der Waals surface area contributed by atoms with Crippen molar-refractivity contribution < 1.29 is 17.9 Å². The van der Waals surface area contributed by atoms with E-state index in [0.29, 0.717) is 28.7 Å². The van der Waals surface area contributed by atoms with Crippen molar-refractivity contribution in [2.75, 3.05) is 0 Å². The highest BCUT2D eigenvalue weighted by atomic mass is 19.4. The van der Waals surface area contributed by atoms with Crippen LogP contribution in [0.15, 0.2) is 77.6 Å². The first-order valence-electron chi connectivity index (χ1n) is 9.70. The molecule has 31 heavy (non-hydrogen) atoms. The van der Waals surface area contributed by atoms with Crippen LogP contribution in [0, 0.1) is 0 Å². The van der Waals surface area contributed by atoms with Crippen molar-refractivity contribution in [3.8, 4) is 16.9 Å². The molecule has 0 saturated heterocycles. The summed E-state index contributed by atoms with van der Waals surface area (Å²) in [5.74, 6) is -0.283. The molecule has 0 atom stereocenters. The summed E-state index contributed by atoms with van der Waals surface area (Å²) < 4.78 is 42.5. The summed E-state index contributed by atoms with van der Waals surface area (Å²) in [6, 6.07) is 21.0.